The topological polar surface area (TPSA) is 90.2 Å². The van der Waals surface area contributed by atoms with Gasteiger partial charge in [0.2, 0.25) is 6.79 Å². The summed E-state index contributed by atoms with van der Waals surface area (Å²) >= 11 is 0. The first-order valence-electron chi connectivity index (χ1n) is 8.65. The molecule has 0 saturated carbocycles. The minimum absolute atomic E-state index is 0.209. The average Bonchev–Trinajstić information content (AvgIpc) is 3.31. The first-order chi connectivity index (χ1) is 12.6. The number of hydrogen-bond donors (Lipinski definition) is 2. The molecule has 1 atom stereocenters. The summed E-state index contributed by atoms with van der Waals surface area (Å²) in [6.45, 7) is 2.97. The zero-order valence-electron chi connectivity index (χ0n) is 14.5. The van der Waals surface area contributed by atoms with Gasteiger partial charge in [0.25, 0.3) is 5.91 Å². The third-order valence-corrected chi connectivity index (χ3v) is 4.90. The second-order valence-corrected chi connectivity index (χ2v) is 6.62. The average molecular weight is 359 g/mol. The number of benzene rings is 1. The molecule has 1 amide bonds. The van der Waals surface area contributed by atoms with E-state index >= 15 is 0 Å². The molecule has 0 radical (unpaired) electrons. The van der Waals surface area contributed by atoms with Crippen LogP contribution in [0.4, 0.5) is 0 Å². The van der Waals surface area contributed by atoms with Crippen molar-refractivity contribution in [1.29, 1.82) is 0 Å². The van der Waals surface area contributed by atoms with E-state index in [4.69, 9.17) is 18.6 Å². The maximum absolute atomic E-state index is 12.8. The minimum atomic E-state index is -1.17. The Morgan fingerprint density at radius 2 is 1.96 bits per heavy atom. The first kappa shape index (κ1) is 16.9. The van der Waals surface area contributed by atoms with Crippen LogP contribution in [0.3, 0.4) is 0 Å². The molecular formula is C19H21NO6. The number of amides is 1. The molecule has 2 aromatic rings. The number of aliphatic hydroxyl groups is 1. The second kappa shape index (κ2) is 6.66. The van der Waals surface area contributed by atoms with E-state index in [1.807, 2.05) is 25.1 Å². The van der Waals surface area contributed by atoms with Crippen LogP contribution in [0, 0.1) is 0 Å². The highest BCUT2D eigenvalue weighted by Gasteiger charge is 2.38. The molecule has 7 heteroatoms. The number of nitrogens with one attached hydrogen (secondary N) is 1. The molecule has 3 heterocycles. The Hall–Kier alpha value is -2.51. The van der Waals surface area contributed by atoms with Crippen LogP contribution in [0.5, 0.6) is 11.5 Å². The van der Waals surface area contributed by atoms with Crippen LogP contribution in [0.2, 0.25) is 0 Å². The van der Waals surface area contributed by atoms with Crippen molar-refractivity contribution in [2.24, 2.45) is 0 Å². The van der Waals surface area contributed by atoms with Gasteiger partial charge >= 0.3 is 0 Å². The van der Waals surface area contributed by atoms with E-state index in [0.29, 0.717) is 48.9 Å². The van der Waals surface area contributed by atoms with Crippen molar-refractivity contribution in [3.8, 4) is 11.5 Å². The number of carbonyl (C=O) groups is 1. The molecule has 0 bridgehead atoms. The van der Waals surface area contributed by atoms with E-state index in [2.05, 4.69) is 5.32 Å². The summed E-state index contributed by atoms with van der Waals surface area (Å²) in [6, 6.07) is 6.92. The lowest BCUT2D eigenvalue weighted by atomic mass is 9.89. The van der Waals surface area contributed by atoms with Crippen LogP contribution in [0.25, 0.3) is 0 Å². The van der Waals surface area contributed by atoms with Gasteiger partial charge in [0.15, 0.2) is 11.5 Å². The molecule has 2 N–H and O–H groups in total. The quantitative estimate of drug-likeness (QED) is 0.872. The highest BCUT2D eigenvalue weighted by Crippen LogP contribution is 2.36. The largest absolute Gasteiger partial charge is 0.465 e. The van der Waals surface area contributed by atoms with Gasteiger partial charge in [0, 0.05) is 26.1 Å². The van der Waals surface area contributed by atoms with Crippen LogP contribution >= 0.6 is 0 Å². The summed E-state index contributed by atoms with van der Waals surface area (Å²) in [5.74, 6) is 1.38. The van der Waals surface area contributed by atoms with Gasteiger partial charge in [-0.25, -0.2) is 0 Å². The molecule has 1 saturated heterocycles. The van der Waals surface area contributed by atoms with Gasteiger partial charge in [-0.3, -0.25) is 4.79 Å². The van der Waals surface area contributed by atoms with E-state index in [9.17, 15) is 9.90 Å². The number of ether oxygens (including phenoxy) is 3. The fraction of sp³-hybridized carbons (Fsp3) is 0.421. The molecule has 1 aromatic heterocycles. The third-order valence-electron chi connectivity index (χ3n) is 4.90. The Balaban J connectivity index is 1.51. The molecule has 1 fully saturated rings. The summed E-state index contributed by atoms with van der Waals surface area (Å²) in [5, 5.41) is 13.8. The smallest absolute Gasteiger partial charge is 0.255 e. The van der Waals surface area contributed by atoms with Crippen molar-refractivity contribution in [3.63, 3.8) is 0 Å². The fourth-order valence-corrected chi connectivity index (χ4v) is 3.32. The Kier molecular flexibility index (Phi) is 4.34. The summed E-state index contributed by atoms with van der Waals surface area (Å²) in [7, 11) is 0. The van der Waals surface area contributed by atoms with Gasteiger partial charge < -0.3 is 29.1 Å². The predicted octanol–water partition coefficient (Wildman–Crippen LogP) is 2.50. The zero-order valence-corrected chi connectivity index (χ0v) is 14.5. The van der Waals surface area contributed by atoms with Crippen molar-refractivity contribution < 1.29 is 28.5 Å². The maximum Gasteiger partial charge on any atom is 0.255 e. The van der Waals surface area contributed by atoms with Gasteiger partial charge in [-0.05, 0) is 30.7 Å². The van der Waals surface area contributed by atoms with Crippen LogP contribution < -0.4 is 14.8 Å². The van der Waals surface area contributed by atoms with Crippen LogP contribution in [-0.4, -0.2) is 31.0 Å². The minimum Gasteiger partial charge on any atom is -0.465 e. The first-order valence-corrected chi connectivity index (χ1v) is 8.65. The van der Waals surface area contributed by atoms with E-state index in [0.717, 1.165) is 5.56 Å². The van der Waals surface area contributed by atoms with Crippen molar-refractivity contribution in [2.75, 3.05) is 20.0 Å². The van der Waals surface area contributed by atoms with E-state index < -0.39 is 5.60 Å². The van der Waals surface area contributed by atoms with Gasteiger partial charge in [-0.15, -0.1) is 0 Å². The monoisotopic (exact) mass is 359 g/mol. The van der Waals surface area contributed by atoms with Crippen LogP contribution in [0.1, 0.15) is 47.5 Å². The number of rotatable bonds is 4. The van der Waals surface area contributed by atoms with Gasteiger partial charge in [0.1, 0.15) is 11.4 Å². The van der Waals surface area contributed by atoms with Crippen LogP contribution in [0.15, 0.2) is 34.9 Å². The number of hydrogen-bond acceptors (Lipinski definition) is 6. The molecule has 7 nitrogen and oxygen atoms in total. The lowest BCUT2D eigenvalue weighted by Gasteiger charge is -2.30. The number of carbonyl (C=O) groups excluding carboxylic acids is 1. The van der Waals surface area contributed by atoms with Gasteiger partial charge in [0.05, 0.1) is 17.9 Å². The molecule has 0 aliphatic carbocycles. The van der Waals surface area contributed by atoms with Gasteiger partial charge in [-0.2, -0.15) is 0 Å². The van der Waals surface area contributed by atoms with E-state index in [-0.39, 0.29) is 18.7 Å². The maximum atomic E-state index is 12.8. The number of fused-ring (bicyclic) bond motifs is 1. The molecule has 0 spiro atoms. The molecule has 1 aromatic carbocycles. The molecule has 2 aliphatic heterocycles. The lowest BCUT2D eigenvalue weighted by molar-refractivity contribution is -0.0804. The fourth-order valence-electron chi connectivity index (χ4n) is 3.32. The summed E-state index contributed by atoms with van der Waals surface area (Å²) in [4.78, 5) is 12.8. The zero-order chi connectivity index (χ0) is 18.1. The highest BCUT2D eigenvalue weighted by atomic mass is 16.7. The SMILES string of the molecule is CC(NC(=O)c1ccoc1C1(O)CCOCC1)c1ccc2c(c1)OCO2. The Bertz CT molecular complexity index is 808. The molecule has 138 valence electrons. The lowest BCUT2D eigenvalue weighted by Crippen LogP contribution is -2.36. The third kappa shape index (κ3) is 3.04. The van der Waals surface area contributed by atoms with Crippen molar-refractivity contribution in [2.45, 2.75) is 31.4 Å². The molecule has 2 aliphatic rings. The highest BCUT2D eigenvalue weighted by molar-refractivity contribution is 5.95. The normalized spacial score (nSPS) is 19.2. The molecular weight excluding hydrogens is 338 g/mol. The second-order valence-electron chi connectivity index (χ2n) is 6.62. The summed E-state index contributed by atoms with van der Waals surface area (Å²) < 4.78 is 21.5. The molecule has 4 rings (SSSR count). The molecule has 26 heavy (non-hydrogen) atoms. The predicted molar refractivity (Wildman–Crippen MR) is 91.1 cm³/mol. The Morgan fingerprint density at radius 3 is 2.77 bits per heavy atom. The van der Waals surface area contributed by atoms with Crippen molar-refractivity contribution in [1.82, 2.24) is 5.32 Å². The molecule has 1 unspecified atom stereocenters. The summed E-state index contributed by atoms with van der Waals surface area (Å²) in [5.41, 5.74) is 0.0792. The van der Waals surface area contributed by atoms with Crippen LogP contribution in [-0.2, 0) is 10.3 Å². The Labute approximate surface area is 150 Å². The number of furan rings is 1. The van der Waals surface area contributed by atoms with E-state index in [1.165, 1.54) is 6.26 Å². The van der Waals surface area contributed by atoms with E-state index in [1.54, 1.807) is 6.07 Å². The van der Waals surface area contributed by atoms with Crippen molar-refractivity contribution in [3.05, 3.63) is 47.4 Å². The Morgan fingerprint density at radius 1 is 1.19 bits per heavy atom. The summed E-state index contributed by atoms with van der Waals surface area (Å²) in [6.07, 6.45) is 2.24. The standard InChI is InChI=1S/C19H21NO6/c1-12(13-2-3-15-16(10-13)26-11-25-15)20-18(21)14-4-7-24-17(14)19(22)5-8-23-9-6-19/h2-4,7,10,12,22H,5-6,8-9,11H2,1H3,(H,20,21). The van der Waals surface area contributed by atoms with Crippen molar-refractivity contribution >= 4 is 5.91 Å². The van der Waals surface area contributed by atoms with Gasteiger partial charge in [-0.1, -0.05) is 6.07 Å².